The van der Waals surface area contributed by atoms with Crippen molar-refractivity contribution in [2.75, 3.05) is 6.54 Å². The van der Waals surface area contributed by atoms with Crippen molar-refractivity contribution >= 4 is 21.6 Å². The quantitative estimate of drug-likeness (QED) is 0.632. The average molecular weight is 289 g/mol. The van der Waals surface area contributed by atoms with E-state index < -0.39 is 15.6 Å². The van der Waals surface area contributed by atoms with Gasteiger partial charge in [0.05, 0.1) is 0 Å². The Balaban J connectivity index is 3.35. The van der Waals surface area contributed by atoms with Crippen LogP contribution in [0.5, 0.6) is 0 Å². The third-order valence-electron chi connectivity index (χ3n) is 2.34. The minimum atomic E-state index is -3.68. The number of hydrogen-bond donors (Lipinski definition) is 0. The Morgan fingerprint density at radius 2 is 2.11 bits per heavy atom. The first-order valence-electron chi connectivity index (χ1n) is 5.45. The zero-order chi connectivity index (χ0) is 14.0. The lowest BCUT2D eigenvalue weighted by atomic mass is 10.1. The van der Waals surface area contributed by atoms with E-state index in [0.29, 0.717) is 0 Å². The number of hydrogen-bond acceptors (Lipinski definition) is 3. The summed E-state index contributed by atoms with van der Waals surface area (Å²) < 4.78 is 26.4. The lowest BCUT2D eigenvalue weighted by Crippen LogP contribution is -2.45. The number of halogens is 1. The van der Waals surface area contributed by atoms with Gasteiger partial charge in [-0.3, -0.25) is 0 Å². The Hall–Kier alpha value is -0.910. The average Bonchev–Trinajstić information content (AvgIpc) is 2.24. The standard InChI is InChI=1S/C12H17ClN2O2S/c1-5-9-15(12(2,3)4)18(16,17)10-7-6-8-14-11(10)13/h5-8H,1,9H2,2-4H3. The number of rotatable bonds is 4. The van der Waals surface area contributed by atoms with E-state index in [1.807, 2.05) is 20.8 Å². The molecular formula is C12H17ClN2O2S. The second-order valence-corrected chi connectivity index (χ2v) is 6.98. The molecule has 0 atom stereocenters. The van der Waals surface area contributed by atoms with Crippen molar-refractivity contribution in [3.8, 4) is 0 Å². The van der Waals surface area contributed by atoms with Crippen LogP contribution in [0.3, 0.4) is 0 Å². The van der Waals surface area contributed by atoms with Crippen LogP contribution in [0.2, 0.25) is 5.15 Å². The molecule has 0 unspecified atom stereocenters. The first-order chi connectivity index (χ1) is 8.21. The van der Waals surface area contributed by atoms with E-state index in [0.717, 1.165) is 0 Å². The lowest BCUT2D eigenvalue weighted by Gasteiger charge is -2.33. The van der Waals surface area contributed by atoms with Crippen LogP contribution in [0, 0.1) is 0 Å². The SMILES string of the molecule is C=CCN(C(C)(C)C)S(=O)(=O)c1cccnc1Cl. The second kappa shape index (κ2) is 5.38. The van der Waals surface area contributed by atoms with E-state index in [9.17, 15) is 8.42 Å². The fourth-order valence-electron chi connectivity index (χ4n) is 1.53. The van der Waals surface area contributed by atoms with Gasteiger partial charge in [-0.25, -0.2) is 13.4 Å². The van der Waals surface area contributed by atoms with Gasteiger partial charge in [0.25, 0.3) is 0 Å². The van der Waals surface area contributed by atoms with Gasteiger partial charge in [0.2, 0.25) is 10.0 Å². The van der Waals surface area contributed by atoms with E-state index in [2.05, 4.69) is 11.6 Å². The van der Waals surface area contributed by atoms with Crippen molar-refractivity contribution in [1.82, 2.24) is 9.29 Å². The monoisotopic (exact) mass is 288 g/mol. The fraction of sp³-hybridized carbons (Fsp3) is 0.417. The van der Waals surface area contributed by atoms with Gasteiger partial charge in [-0.2, -0.15) is 4.31 Å². The minimum Gasteiger partial charge on any atom is -0.243 e. The molecule has 100 valence electrons. The van der Waals surface area contributed by atoms with Crippen LogP contribution in [0.1, 0.15) is 20.8 Å². The zero-order valence-corrected chi connectivity index (χ0v) is 12.3. The molecule has 1 rings (SSSR count). The molecular weight excluding hydrogens is 272 g/mol. The molecule has 0 N–H and O–H groups in total. The van der Waals surface area contributed by atoms with Crippen molar-refractivity contribution < 1.29 is 8.42 Å². The molecule has 4 nitrogen and oxygen atoms in total. The Kier molecular flexibility index (Phi) is 4.53. The normalized spacial score (nSPS) is 12.7. The molecule has 0 fully saturated rings. The van der Waals surface area contributed by atoms with Crippen LogP contribution in [0.4, 0.5) is 0 Å². The van der Waals surface area contributed by atoms with E-state index in [4.69, 9.17) is 11.6 Å². The van der Waals surface area contributed by atoms with Crippen molar-refractivity contribution in [2.24, 2.45) is 0 Å². The topological polar surface area (TPSA) is 50.3 Å². The molecule has 0 aliphatic rings. The maximum Gasteiger partial charge on any atom is 0.246 e. The molecule has 1 aromatic rings. The number of pyridine rings is 1. The first-order valence-corrected chi connectivity index (χ1v) is 7.27. The molecule has 0 bridgehead atoms. The highest BCUT2D eigenvalue weighted by Crippen LogP contribution is 2.27. The summed E-state index contributed by atoms with van der Waals surface area (Å²) in [5.74, 6) is 0. The summed E-state index contributed by atoms with van der Waals surface area (Å²) in [6.07, 6.45) is 3.00. The summed E-state index contributed by atoms with van der Waals surface area (Å²) in [6, 6.07) is 3.00. The zero-order valence-electron chi connectivity index (χ0n) is 10.7. The van der Waals surface area contributed by atoms with Gasteiger partial charge < -0.3 is 0 Å². The molecule has 0 radical (unpaired) electrons. The highest BCUT2D eigenvalue weighted by atomic mass is 35.5. The smallest absolute Gasteiger partial charge is 0.243 e. The van der Waals surface area contributed by atoms with Crippen molar-refractivity contribution in [3.63, 3.8) is 0 Å². The van der Waals surface area contributed by atoms with Crippen LogP contribution in [-0.2, 0) is 10.0 Å². The molecule has 18 heavy (non-hydrogen) atoms. The summed E-state index contributed by atoms with van der Waals surface area (Å²) in [7, 11) is -3.68. The molecule has 6 heteroatoms. The second-order valence-electron chi connectivity index (χ2n) is 4.79. The predicted molar refractivity (Wildman–Crippen MR) is 73.1 cm³/mol. The predicted octanol–water partition coefficient (Wildman–Crippen LogP) is 2.71. The van der Waals surface area contributed by atoms with Crippen LogP contribution >= 0.6 is 11.6 Å². The lowest BCUT2D eigenvalue weighted by molar-refractivity contribution is 0.270. The maximum atomic E-state index is 12.5. The van der Waals surface area contributed by atoms with Crippen LogP contribution < -0.4 is 0 Å². The molecule has 0 amide bonds. The van der Waals surface area contributed by atoms with Gasteiger partial charge in [0.1, 0.15) is 10.0 Å². The molecule has 0 aliphatic heterocycles. The van der Waals surface area contributed by atoms with Gasteiger partial charge in [-0.1, -0.05) is 17.7 Å². The Labute approximate surface area is 113 Å². The van der Waals surface area contributed by atoms with Crippen LogP contribution in [-0.4, -0.2) is 29.8 Å². The third kappa shape index (κ3) is 3.10. The van der Waals surface area contributed by atoms with Gasteiger partial charge in [0, 0.05) is 18.3 Å². The van der Waals surface area contributed by atoms with E-state index in [1.54, 1.807) is 12.1 Å². The van der Waals surface area contributed by atoms with Crippen molar-refractivity contribution in [1.29, 1.82) is 0 Å². The summed E-state index contributed by atoms with van der Waals surface area (Å²) in [5, 5.41) is -0.0178. The van der Waals surface area contributed by atoms with Gasteiger partial charge >= 0.3 is 0 Å². The van der Waals surface area contributed by atoms with E-state index in [-0.39, 0.29) is 16.6 Å². The third-order valence-corrected chi connectivity index (χ3v) is 4.91. The Bertz CT molecular complexity index is 535. The highest BCUT2D eigenvalue weighted by molar-refractivity contribution is 7.89. The van der Waals surface area contributed by atoms with Crippen molar-refractivity contribution in [2.45, 2.75) is 31.2 Å². The maximum absolute atomic E-state index is 12.5. The molecule has 0 aliphatic carbocycles. The largest absolute Gasteiger partial charge is 0.246 e. The van der Waals surface area contributed by atoms with Crippen LogP contribution in [0.15, 0.2) is 35.9 Å². The molecule has 1 aromatic heterocycles. The van der Waals surface area contributed by atoms with E-state index in [1.165, 1.54) is 16.6 Å². The molecule has 0 saturated heterocycles. The molecule has 1 heterocycles. The minimum absolute atomic E-state index is 0.0171. The molecule has 0 saturated carbocycles. The summed E-state index contributed by atoms with van der Waals surface area (Å²) in [5.41, 5.74) is -0.563. The summed E-state index contributed by atoms with van der Waals surface area (Å²) in [4.78, 5) is 3.82. The fourth-order valence-corrected chi connectivity index (χ4v) is 3.72. The number of aromatic nitrogens is 1. The molecule has 0 aromatic carbocycles. The van der Waals surface area contributed by atoms with Gasteiger partial charge in [-0.15, -0.1) is 6.58 Å². The Morgan fingerprint density at radius 1 is 1.50 bits per heavy atom. The van der Waals surface area contributed by atoms with Gasteiger partial charge in [-0.05, 0) is 32.9 Å². The summed E-state index contributed by atoms with van der Waals surface area (Å²) in [6.45, 7) is 9.26. The van der Waals surface area contributed by atoms with Gasteiger partial charge in [0.15, 0.2) is 0 Å². The van der Waals surface area contributed by atoms with Crippen LogP contribution in [0.25, 0.3) is 0 Å². The first kappa shape index (κ1) is 15.1. The van der Waals surface area contributed by atoms with E-state index >= 15 is 0 Å². The number of nitrogens with zero attached hydrogens (tertiary/aromatic N) is 2. The highest BCUT2D eigenvalue weighted by Gasteiger charge is 2.34. The molecule has 0 spiro atoms. The van der Waals surface area contributed by atoms with Crippen molar-refractivity contribution in [3.05, 3.63) is 36.1 Å². The number of sulfonamides is 1. The summed E-state index contributed by atoms with van der Waals surface area (Å²) >= 11 is 5.86. The Morgan fingerprint density at radius 3 is 2.56 bits per heavy atom.